The molecule has 4 aromatic carbocycles. The number of anilines is 1. The van der Waals surface area contributed by atoms with Crippen molar-refractivity contribution < 1.29 is 0 Å². The Hall–Kier alpha value is -3.41. The molecule has 0 fully saturated rings. The van der Waals surface area contributed by atoms with Gasteiger partial charge in [-0.3, -0.25) is 0 Å². The van der Waals surface area contributed by atoms with Crippen LogP contribution in [0.2, 0.25) is 0 Å². The van der Waals surface area contributed by atoms with E-state index in [-0.39, 0.29) is 18.8 Å². The number of unbranched alkanes of at least 4 members (excludes halogenated alkanes) is 1. The molecule has 0 saturated carbocycles. The molecule has 49 heavy (non-hydrogen) atoms. The van der Waals surface area contributed by atoms with Gasteiger partial charge in [0.2, 0.25) is 0 Å². The Morgan fingerprint density at radius 1 is 0.796 bits per heavy atom. The standard InChI is InChI=1S/C47H60NP/c1-34-23-25-39-18-11-13-21-41(39)44(34)47(6,7)35(2)24-26-38-28-27-37(36(38)3)20-17-31-46(4,5)45-42-22-14-12-19-40(42)29-30-43(45)48(8)32-15-16-33-49(9)10/h11-14,17-26,29-30H,15-16,27-28,31-33H2,1-10H3/b20-17+,35-24-,38-26+. The van der Waals surface area contributed by atoms with Gasteiger partial charge in [-0.25, -0.2) is 0 Å². The van der Waals surface area contributed by atoms with Gasteiger partial charge in [-0.1, -0.05) is 124 Å². The van der Waals surface area contributed by atoms with E-state index < -0.39 is 0 Å². The van der Waals surface area contributed by atoms with Gasteiger partial charge in [0.05, 0.1) is 0 Å². The van der Waals surface area contributed by atoms with Crippen LogP contribution in [0.15, 0.2) is 119 Å². The second-order valence-corrected chi connectivity index (χ2v) is 18.5. The maximum absolute atomic E-state index is 2.51. The number of benzene rings is 4. The molecule has 0 aromatic heterocycles. The predicted octanol–water partition coefficient (Wildman–Crippen LogP) is 13.4. The van der Waals surface area contributed by atoms with Crippen LogP contribution in [0, 0.1) is 6.92 Å². The lowest BCUT2D eigenvalue weighted by Gasteiger charge is -2.32. The molecule has 0 saturated heterocycles. The van der Waals surface area contributed by atoms with E-state index >= 15 is 0 Å². The average molecular weight is 670 g/mol. The van der Waals surface area contributed by atoms with Crippen molar-refractivity contribution in [1.29, 1.82) is 0 Å². The number of nitrogens with zero attached hydrogens (tertiary/aromatic N) is 1. The molecule has 1 aliphatic carbocycles. The minimum Gasteiger partial charge on any atom is -0.374 e. The highest BCUT2D eigenvalue weighted by Crippen LogP contribution is 2.42. The van der Waals surface area contributed by atoms with Crippen molar-refractivity contribution >= 4 is 35.2 Å². The lowest BCUT2D eigenvalue weighted by atomic mass is 9.74. The first-order valence-corrected chi connectivity index (χ1v) is 20.8. The predicted molar refractivity (Wildman–Crippen MR) is 222 cm³/mol. The van der Waals surface area contributed by atoms with Crippen molar-refractivity contribution in [2.45, 2.75) is 91.4 Å². The van der Waals surface area contributed by atoms with Crippen LogP contribution in [0.3, 0.4) is 0 Å². The summed E-state index contributed by atoms with van der Waals surface area (Å²) in [7, 11) is 2.48. The van der Waals surface area contributed by atoms with E-state index in [0.717, 1.165) is 25.8 Å². The molecule has 4 aromatic rings. The second kappa shape index (κ2) is 15.6. The first kappa shape index (κ1) is 36.9. The highest BCUT2D eigenvalue weighted by Gasteiger charge is 2.28. The van der Waals surface area contributed by atoms with Crippen LogP contribution in [-0.4, -0.2) is 33.1 Å². The van der Waals surface area contributed by atoms with Gasteiger partial charge in [-0.2, -0.15) is 0 Å². The fraction of sp³-hybridized carbons (Fsp3) is 0.404. The number of fused-ring (bicyclic) bond motifs is 2. The van der Waals surface area contributed by atoms with E-state index in [2.05, 4.69) is 171 Å². The summed E-state index contributed by atoms with van der Waals surface area (Å²) in [6.45, 7) is 22.4. The molecule has 1 aliphatic rings. The normalized spacial score (nSPS) is 15.6. The quantitative estimate of drug-likeness (QED) is 0.101. The van der Waals surface area contributed by atoms with Crippen LogP contribution in [-0.2, 0) is 10.8 Å². The van der Waals surface area contributed by atoms with Crippen molar-refractivity contribution in [3.05, 3.63) is 136 Å². The van der Waals surface area contributed by atoms with Gasteiger partial charge >= 0.3 is 0 Å². The van der Waals surface area contributed by atoms with E-state index in [1.165, 1.54) is 85.2 Å². The van der Waals surface area contributed by atoms with Crippen LogP contribution in [0.4, 0.5) is 5.69 Å². The van der Waals surface area contributed by atoms with E-state index in [1.54, 1.807) is 0 Å². The van der Waals surface area contributed by atoms with Gasteiger partial charge < -0.3 is 4.90 Å². The molecule has 0 N–H and O–H groups in total. The van der Waals surface area contributed by atoms with Crippen molar-refractivity contribution in [3.63, 3.8) is 0 Å². The Balaban J connectivity index is 1.35. The Kier molecular flexibility index (Phi) is 11.8. The molecule has 0 aliphatic heterocycles. The molecule has 5 rings (SSSR count). The summed E-state index contributed by atoms with van der Waals surface area (Å²) >= 11 is 0. The monoisotopic (exact) mass is 669 g/mol. The zero-order valence-electron chi connectivity index (χ0n) is 32.1. The van der Waals surface area contributed by atoms with E-state index in [0.29, 0.717) is 0 Å². The van der Waals surface area contributed by atoms with Crippen LogP contribution < -0.4 is 4.90 Å². The third-order valence-electron chi connectivity index (χ3n) is 11.2. The minimum absolute atomic E-state index is 0.000964. The molecule has 0 amide bonds. The highest BCUT2D eigenvalue weighted by atomic mass is 31.1. The summed E-state index contributed by atoms with van der Waals surface area (Å²) in [6.07, 6.45) is 16.8. The van der Waals surface area contributed by atoms with Crippen molar-refractivity contribution in [3.8, 4) is 0 Å². The maximum Gasteiger partial charge on any atom is 0.0408 e. The first-order chi connectivity index (χ1) is 23.3. The summed E-state index contributed by atoms with van der Waals surface area (Å²) in [4.78, 5) is 2.51. The largest absolute Gasteiger partial charge is 0.374 e. The highest BCUT2D eigenvalue weighted by molar-refractivity contribution is 7.55. The van der Waals surface area contributed by atoms with Gasteiger partial charge in [0.25, 0.3) is 0 Å². The number of hydrogen-bond acceptors (Lipinski definition) is 1. The molecule has 0 heterocycles. The average Bonchev–Trinajstić information content (AvgIpc) is 3.42. The van der Waals surface area contributed by atoms with Crippen LogP contribution in [0.1, 0.15) is 90.3 Å². The number of hydrogen-bond donors (Lipinski definition) is 0. The van der Waals surface area contributed by atoms with Crippen molar-refractivity contribution in [2.24, 2.45) is 0 Å². The van der Waals surface area contributed by atoms with Crippen LogP contribution in [0.5, 0.6) is 0 Å². The Bertz CT molecular complexity index is 1910. The fourth-order valence-electron chi connectivity index (χ4n) is 7.89. The summed E-state index contributed by atoms with van der Waals surface area (Å²) in [5, 5.41) is 5.41. The lowest BCUT2D eigenvalue weighted by Crippen LogP contribution is -2.25. The summed E-state index contributed by atoms with van der Waals surface area (Å²) in [6, 6.07) is 27.0. The van der Waals surface area contributed by atoms with Gasteiger partial charge in [0, 0.05) is 24.7 Å². The molecule has 0 spiro atoms. The van der Waals surface area contributed by atoms with Gasteiger partial charge in [0.1, 0.15) is 0 Å². The van der Waals surface area contributed by atoms with E-state index in [1.807, 2.05) is 0 Å². The first-order valence-electron chi connectivity index (χ1n) is 18.4. The summed E-state index contributed by atoms with van der Waals surface area (Å²) in [5.41, 5.74) is 11.4. The smallest absolute Gasteiger partial charge is 0.0408 e. The van der Waals surface area contributed by atoms with Gasteiger partial charge in [0.15, 0.2) is 0 Å². The SMILES string of the molecule is CC1=C(/C=C/CC(C)(C)c2c(N(C)CCCCP(C)C)ccc3ccccc23)CC/C1=C\C=C(\C)C(C)(C)c1c(C)ccc2ccccc12. The molecular formula is C47H60NP. The topological polar surface area (TPSA) is 3.24 Å². The zero-order valence-corrected chi connectivity index (χ0v) is 33.0. The van der Waals surface area contributed by atoms with Crippen LogP contribution >= 0.6 is 7.92 Å². The molecule has 1 nitrogen and oxygen atoms in total. The second-order valence-electron chi connectivity index (χ2n) is 15.9. The molecule has 2 heteroatoms. The zero-order chi connectivity index (χ0) is 35.3. The van der Waals surface area contributed by atoms with E-state index in [9.17, 15) is 0 Å². The van der Waals surface area contributed by atoms with Crippen molar-refractivity contribution in [2.75, 3.05) is 38.0 Å². The Morgan fingerprint density at radius 2 is 1.43 bits per heavy atom. The minimum atomic E-state index is -0.0596. The van der Waals surface area contributed by atoms with Gasteiger partial charge in [-0.05, 0) is 139 Å². The number of allylic oxidation sites excluding steroid dienone is 8. The maximum atomic E-state index is 2.51. The molecule has 0 radical (unpaired) electrons. The molecule has 0 bridgehead atoms. The molecule has 0 atom stereocenters. The number of rotatable bonds is 13. The molecule has 258 valence electrons. The Morgan fingerprint density at radius 3 is 2.10 bits per heavy atom. The summed E-state index contributed by atoms with van der Waals surface area (Å²) in [5.74, 6) is 0. The molecule has 0 unspecified atom stereocenters. The van der Waals surface area contributed by atoms with E-state index in [4.69, 9.17) is 0 Å². The Labute approximate surface area is 299 Å². The fourth-order valence-corrected chi connectivity index (χ4v) is 8.75. The van der Waals surface area contributed by atoms with Crippen molar-refractivity contribution in [1.82, 2.24) is 0 Å². The molecular weight excluding hydrogens is 609 g/mol. The van der Waals surface area contributed by atoms with Crippen LogP contribution in [0.25, 0.3) is 21.5 Å². The third-order valence-corrected chi connectivity index (χ3v) is 12.4. The van der Waals surface area contributed by atoms with Gasteiger partial charge in [-0.15, -0.1) is 7.92 Å². The third kappa shape index (κ3) is 8.32. The lowest BCUT2D eigenvalue weighted by molar-refractivity contribution is 0.537. The summed E-state index contributed by atoms with van der Waals surface area (Å²) < 4.78 is 0. The number of aryl methyl sites for hydroxylation is 1.